The summed E-state index contributed by atoms with van der Waals surface area (Å²) in [5.74, 6) is 1.89. The highest BCUT2D eigenvalue weighted by atomic mass is 79.9. The number of rotatable bonds is 7. The zero-order valence-corrected chi connectivity index (χ0v) is 37.3. The molecule has 8 rings (SSSR count). The molecule has 2 aromatic heterocycles. The topological polar surface area (TPSA) is 130 Å². The van der Waals surface area contributed by atoms with Crippen molar-refractivity contribution < 1.29 is 0 Å². The van der Waals surface area contributed by atoms with Gasteiger partial charge in [-0.05, 0) is 117 Å². The van der Waals surface area contributed by atoms with Crippen molar-refractivity contribution in [2.45, 2.75) is 42.7 Å². The average molecular weight is 956 g/mol. The van der Waals surface area contributed by atoms with Crippen molar-refractivity contribution in [1.29, 1.82) is 5.26 Å². The van der Waals surface area contributed by atoms with E-state index in [0.717, 1.165) is 105 Å². The number of aromatic nitrogens is 4. The molecule has 0 unspecified atom stereocenters. The van der Waals surface area contributed by atoms with Gasteiger partial charge in [0.25, 0.3) is 0 Å². The Bertz CT molecular complexity index is 2430. The summed E-state index contributed by atoms with van der Waals surface area (Å²) in [7, 11) is 0. The lowest BCUT2D eigenvalue weighted by Crippen LogP contribution is -2.46. The van der Waals surface area contributed by atoms with E-state index >= 15 is 0 Å². The van der Waals surface area contributed by atoms with E-state index in [1.165, 1.54) is 4.90 Å². The third kappa shape index (κ3) is 10.7. The van der Waals surface area contributed by atoms with E-state index in [-0.39, 0.29) is 0 Å². The Morgan fingerprint density at radius 2 is 1.21 bits per heavy atom. The fourth-order valence-electron chi connectivity index (χ4n) is 7.08. The molecule has 0 aliphatic carbocycles. The van der Waals surface area contributed by atoms with Crippen molar-refractivity contribution in [3.63, 3.8) is 0 Å². The maximum atomic E-state index is 8.88. The highest BCUT2D eigenvalue weighted by Gasteiger charge is 2.24. The normalized spacial score (nSPS) is 14.6. The fourth-order valence-corrected chi connectivity index (χ4v) is 8.92. The molecular weight excluding hydrogens is 915 g/mol. The van der Waals surface area contributed by atoms with Crippen molar-refractivity contribution in [3.05, 3.63) is 112 Å². The van der Waals surface area contributed by atoms with E-state index in [1.54, 1.807) is 30.1 Å². The van der Waals surface area contributed by atoms with Crippen LogP contribution >= 0.6 is 68.1 Å². The number of hydrogen-bond acceptors (Lipinski definition) is 10. The van der Waals surface area contributed by atoms with E-state index in [9.17, 15) is 0 Å². The summed E-state index contributed by atoms with van der Waals surface area (Å²) >= 11 is 19.8. The molecule has 2 saturated heterocycles. The van der Waals surface area contributed by atoms with Gasteiger partial charge >= 0.3 is 0 Å². The molecule has 0 amide bonds. The van der Waals surface area contributed by atoms with Crippen LogP contribution in [0.1, 0.15) is 31.2 Å². The molecule has 0 bridgehead atoms. The summed E-state index contributed by atoms with van der Waals surface area (Å²) in [6.45, 7) is 3.61. The van der Waals surface area contributed by atoms with Crippen LogP contribution in [0.25, 0.3) is 21.5 Å². The second-order valence-corrected chi connectivity index (χ2v) is 17.4. The maximum absolute atomic E-state index is 8.88. The minimum atomic E-state index is 0.305. The third-order valence-electron chi connectivity index (χ3n) is 10.1. The predicted octanol–water partition coefficient (Wildman–Crippen LogP) is 9.29. The standard InChI is InChI=1S/C21H19BrN6S.C21H22BrN5S2/c22-16-4-3-15-13-24-27-20(19(15)11-16)28-9-7-18(8-10-28)26-21(29)25-17-5-1-14(12-23)2-6-17;1-29-19-5-3-2-4-18(19)25-21(28)24-16-8-10-27(11-9-16)20-17-12-15(22)7-6-14(17)13-23-26-20/h1-6,11,13,18H,7-10H2,(H2,25,26,29);2-7,12-13,16H,8-11H2,1H3,(H2,24,25,28). The minimum absolute atomic E-state index is 0.305. The molecule has 0 spiro atoms. The summed E-state index contributed by atoms with van der Waals surface area (Å²) in [5, 5.41) is 45.2. The number of halogens is 2. The van der Waals surface area contributed by atoms with Crippen LogP contribution in [0.2, 0.25) is 0 Å². The van der Waals surface area contributed by atoms with Crippen LogP contribution < -0.4 is 31.1 Å². The second kappa shape index (κ2) is 19.9. The zero-order chi connectivity index (χ0) is 40.4. The highest BCUT2D eigenvalue weighted by Crippen LogP contribution is 2.30. The minimum Gasteiger partial charge on any atom is -0.360 e. The quantitative estimate of drug-likeness (QED) is 0.0896. The molecular formula is C42H41Br2N11S3. The summed E-state index contributed by atoms with van der Waals surface area (Å²) < 4.78 is 2.09. The van der Waals surface area contributed by atoms with Gasteiger partial charge in [-0.15, -0.1) is 22.0 Å². The van der Waals surface area contributed by atoms with Crippen molar-refractivity contribution in [3.8, 4) is 6.07 Å². The molecule has 16 heteroatoms. The van der Waals surface area contributed by atoms with Crippen LogP contribution in [0.3, 0.4) is 0 Å². The van der Waals surface area contributed by atoms with Gasteiger partial charge in [-0.25, -0.2) is 0 Å². The Balaban J connectivity index is 0.000000177. The summed E-state index contributed by atoms with van der Waals surface area (Å²) in [6.07, 6.45) is 9.60. The summed E-state index contributed by atoms with van der Waals surface area (Å²) in [5.41, 5.74) is 2.55. The van der Waals surface area contributed by atoms with Crippen LogP contribution in [-0.4, -0.2) is 75.1 Å². The number of thiocarbonyl (C=S) groups is 2. The number of hydrogen-bond donors (Lipinski definition) is 4. The number of anilines is 4. The van der Waals surface area contributed by atoms with Crippen LogP contribution in [-0.2, 0) is 0 Å². The van der Waals surface area contributed by atoms with Crippen molar-refractivity contribution >= 4 is 123 Å². The second-order valence-electron chi connectivity index (χ2n) is 13.9. The van der Waals surface area contributed by atoms with E-state index in [1.807, 2.05) is 42.6 Å². The van der Waals surface area contributed by atoms with Crippen LogP contribution in [0, 0.1) is 11.3 Å². The van der Waals surface area contributed by atoms with E-state index in [2.05, 4.69) is 132 Å². The number of benzene rings is 4. The first-order valence-electron chi connectivity index (χ1n) is 18.9. The smallest absolute Gasteiger partial charge is 0.171 e. The Hall–Kier alpha value is -4.66. The molecule has 11 nitrogen and oxygen atoms in total. The number of piperidine rings is 2. The van der Waals surface area contributed by atoms with Gasteiger partial charge in [0.1, 0.15) is 0 Å². The molecule has 4 aromatic carbocycles. The van der Waals surface area contributed by atoms with Crippen molar-refractivity contribution in [2.24, 2.45) is 0 Å². The number of nitriles is 1. The summed E-state index contributed by atoms with van der Waals surface area (Å²) in [4.78, 5) is 5.79. The zero-order valence-electron chi connectivity index (χ0n) is 31.7. The lowest BCUT2D eigenvalue weighted by Gasteiger charge is -2.34. The van der Waals surface area contributed by atoms with Gasteiger partial charge in [0.05, 0.1) is 29.7 Å². The molecule has 4 heterocycles. The third-order valence-corrected chi connectivity index (χ3v) is 12.3. The maximum Gasteiger partial charge on any atom is 0.171 e. The molecule has 296 valence electrons. The van der Waals surface area contributed by atoms with Gasteiger partial charge in [0.15, 0.2) is 21.9 Å². The van der Waals surface area contributed by atoms with Crippen LogP contribution in [0.5, 0.6) is 0 Å². The molecule has 0 saturated carbocycles. The predicted molar refractivity (Wildman–Crippen MR) is 253 cm³/mol. The van der Waals surface area contributed by atoms with Gasteiger partial charge in [-0.3, -0.25) is 0 Å². The Kier molecular flexibility index (Phi) is 14.2. The molecule has 2 fully saturated rings. The molecule has 0 radical (unpaired) electrons. The molecule has 0 atom stereocenters. The first-order valence-corrected chi connectivity index (χ1v) is 22.5. The Labute approximate surface area is 370 Å². The molecule has 4 N–H and O–H groups in total. The summed E-state index contributed by atoms with van der Waals surface area (Å²) in [6, 6.07) is 30.6. The number of nitrogens with zero attached hydrogens (tertiary/aromatic N) is 7. The molecule has 2 aliphatic heterocycles. The first kappa shape index (κ1) is 41.5. The number of nitrogens with one attached hydrogen (secondary N) is 4. The lowest BCUT2D eigenvalue weighted by molar-refractivity contribution is 0.466. The monoisotopic (exact) mass is 953 g/mol. The van der Waals surface area contributed by atoms with E-state index < -0.39 is 0 Å². The average Bonchev–Trinajstić information content (AvgIpc) is 3.24. The van der Waals surface area contributed by atoms with Crippen LogP contribution in [0.15, 0.2) is 111 Å². The highest BCUT2D eigenvalue weighted by molar-refractivity contribution is 9.10. The van der Waals surface area contributed by atoms with Gasteiger partial charge in [0, 0.05) is 79.3 Å². The Morgan fingerprint density at radius 1 is 0.707 bits per heavy atom. The van der Waals surface area contributed by atoms with Gasteiger partial charge in [-0.2, -0.15) is 15.5 Å². The van der Waals surface area contributed by atoms with Crippen LogP contribution in [0.4, 0.5) is 23.0 Å². The largest absolute Gasteiger partial charge is 0.360 e. The first-order chi connectivity index (χ1) is 28.3. The van der Waals surface area contributed by atoms with Gasteiger partial charge in [-0.1, -0.05) is 56.1 Å². The fraction of sp³-hybridized carbons (Fsp3) is 0.262. The van der Waals surface area contributed by atoms with Crippen molar-refractivity contribution in [2.75, 3.05) is 52.9 Å². The van der Waals surface area contributed by atoms with Gasteiger partial charge in [0.2, 0.25) is 0 Å². The SMILES string of the molecule is CSc1ccccc1NC(=S)NC1CCN(c2nncc3ccc(Br)cc23)CC1.N#Cc1ccc(NC(=S)NC2CCN(c3nncc4ccc(Br)cc34)CC2)cc1. The lowest BCUT2D eigenvalue weighted by atomic mass is 10.0. The van der Waals surface area contributed by atoms with E-state index in [4.69, 9.17) is 29.7 Å². The van der Waals surface area contributed by atoms with Gasteiger partial charge < -0.3 is 31.1 Å². The number of fused-ring (bicyclic) bond motifs is 2. The van der Waals surface area contributed by atoms with E-state index in [0.29, 0.717) is 27.9 Å². The van der Waals surface area contributed by atoms with Crippen molar-refractivity contribution in [1.82, 2.24) is 31.0 Å². The Morgan fingerprint density at radius 3 is 1.71 bits per heavy atom. The number of thioether (sulfide) groups is 1. The number of para-hydroxylation sites is 1. The molecule has 6 aromatic rings. The molecule has 58 heavy (non-hydrogen) atoms. The molecule has 2 aliphatic rings.